The number of nitrogens with zero attached hydrogens (tertiary/aromatic N) is 2. The second-order valence-electron chi connectivity index (χ2n) is 5.27. The fourth-order valence-electron chi connectivity index (χ4n) is 2.46. The van der Waals surface area contributed by atoms with Crippen LogP contribution in [-0.4, -0.2) is 16.1 Å². The van der Waals surface area contributed by atoms with Gasteiger partial charge in [0.1, 0.15) is 11.9 Å². The van der Waals surface area contributed by atoms with Gasteiger partial charge in [-0.3, -0.25) is 0 Å². The van der Waals surface area contributed by atoms with Crippen molar-refractivity contribution in [2.45, 2.75) is 19.4 Å². The molecule has 2 N–H and O–H groups in total. The molecule has 1 heterocycles. The van der Waals surface area contributed by atoms with E-state index in [1.165, 1.54) is 0 Å². The highest BCUT2D eigenvalue weighted by molar-refractivity contribution is 6.30. The van der Waals surface area contributed by atoms with Crippen LogP contribution in [0.2, 0.25) is 10.3 Å². The zero-order valence-corrected chi connectivity index (χ0v) is 14.0. The van der Waals surface area contributed by atoms with Gasteiger partial charge in [-0.05, 0) is 54.9 Å². The molecular weight excluding hydrogens is 333 g/mol. The van der Waals surface area contributed by atoms with E-state index >= 15 is 0 Å². The smallest absolute Gasteiger partial charge is 0.223 e. The molecule has 0 aliphatic heterocycles. The van der Waals surface area contributed by atoms with Crippen LogP contribution in [0, 0.1) is 0 Å². The molecule has 118 valence electrons. The highest BCUT2D eigenvalue weighted by Crippen LogP contribution is 2.26. The van der Waals surface area contributed by atoms with Gasteiger partial charge < -0.3 is 10.5 Å². The molecule has 0 fully saturated rings. The number of hydrogen-bond donors (Lipinski definition) is 1. The highest BCUT2D eigenvalue weighted by Gasteiger charge is 2.14. The van der Waals surface area contributed by atoms with Crippen LogP contribution in [-0.2, 0) is 6.42 Å². The van der Waals surface area contributed by atoms with E-state index in [1.807, 2.05) is 37.3 Å². The molecule has 1 atom stereocenters. The molecule has 0 bridgehead atoms. The maximum absolute atomic E-state index is 6.07. The Morgan fingerprint density at radius 1 is 1.09 bits per heavy atom. The van der Waals surface area contributed by atoms with Crippen LogP contribution >= 0.6 is 23.2 Å². The van der Waals surface area contributed by atoms with E-state index in [4.69, 9.17) is 33.7 Å². The van der Waals surface area contributed by atoms with Gasteiger partial charge in [-0.2, -0.15) is 0 Å². The van der Waals surface area contributed by atoms with Gasteiger partial charge in [0.2, 0.25) is 5.28 Å². The molecule has 3 aromatic rings. The molecule has 4 nitrogen and oxygen atoms in total. The predicted molar refractivity (Wildman–Crippen MR) is 94.2 cm³/mol. The number of anilines is 1. The predicted octanol–water partition coefficient (Wildman–Crippen LogP) is 4.53. The van der Waals surface area contributed by atoms with E-state index in [0.29, 0.717) is 17.1 Å². The summed E-state index contributed by atoms with van der Waals surface area (Å²) in [5.74, 6) is 0.749. The zero-order chi connectivity index (χ0) is 16.4. The minimum absolute atomic E-state index is 0.107. The van der Waals surface area contributed by atoms with Crippen molar-refractivity contribution in [3.05, 3.63) is 58.5 Å². The minimum Gasteiger partial charge on any atom is -0.490 e. The van der Waals surface area contributed by atoms with E-state index < -0.39 is 0 Å². The van der Waals surface area contributed by atoms with E-state index in [2.05, 4.69) is 9.97 Å². The molecule has 1 unspecified atom stereocenters. The molecule has 3 rings (SSSR count). The van der Waals surface area contributed by atoms with Crippen LogP contribution < -0.4 is 10.5 Å². The number of nitrogen functional groups attached to an aromatic ring is 1. The second kappa shape index (κ2) is 6.60. The van der Waals surface area contributed by atoms with Crippen molar-refractivity contribution in [2.24, 2.45) is 0 Å². The number of halogens is 2. The molecule has 0 aliphatic carbocycles. The van der Waals surface area contributed by atoms with Crippen molar-refractivity contribution in [1.82, 2.24) is 9.97 Å². The first-order chi connectivity index (χ1) is 11.0. The number of rotatable bonds is 4. The molecule has 0 saturated heterocycles. The lowest BCUT2D eigenvalue weighted by molar-refractivity contribution is 0.221. The Hall–Kier alpha value is -2.04. The molecule has 0 radical (unpaired) electrons. The van der Waals surface area contributed by atoms with Gasteiger partial charge in [-0.25, -0.2) is 9.97 Å². The summed E-state index contributed by atoms with van der Waals surface area (Å²) in [6.07, 6.45) is 0.459. The van der Waals surface area contributed by atoms with Gasteiger partial charge in [0.05, 0.1) is 11.2 Å². The second-order valence-corrected chi connectivity index (χ2v) is 6.04. The molecule has 1 aromatic heterocycles. The number of benzene rings is 2. The molecule has 0 spiro atoms. The molecule has 6 heteroatoms. The van der Waals surface area contributed by atoms with E-state index in [9.17, 15) is 0 Å². The fraction of sp³-hybridized carbons (Fsp3) is 0.176. The Morgan fingerprint density at radius 3 is 2.57 bits per heavy atom. The lowest BCUT2D eigenvalue weighted by Crippen LogP contribution is -2.16. The van der Waals surface area contributed by atoms with Gasteiger partial charge in [0.25, 0.3) is 0 Å². The van der Waals surface area contributed by atoms with Crippen molar-refractivity contribution >= 4 is 39.8 Å². The van der Waals surface area contributed by atoms with Crippen molar-refractivity contribution < 1.29 is 4.74 Å². The molecular formula is C17H15Cl2N3O. The van der Waals surface area contributed by atoms with Gasteiger partial charge in [-0.15, -0.1) is 0 Å². The van der Waals surface area contributed by atoms with Crippen molar-refractivity contribution in [2.75, 3.05) is 5.73 Å². The minimum atomic E-state index is -0.107. The zero-order valence-electron chi connectivity index (χ0n) is 12.5. The van der Waals surface area contributed by atoms with Crippen molar-refractivity contribution in [3.63, 3.8) is 0 Å². The van der Waals surface area contributed by atoms with Crippen molar-refractivity contribution in [3.8, 4) is 5.75 Å². The molecule has 0 amide bonds. The summed E-state index contributed by atoms with van der Waals surface area (Å²) in [4.78, 5) is 8.55. The van der Waals surface area contributed by atoms with E-state index in [-0.39, 0.29) is 11.4 Å². The standard InChI is InChI=1S/C17H15Cl2N3O/c1-10(23-12-7-5-11(18)6-8-12)9-15-16-13(20)3-2-4-14(16)21-17(19)22-15/h2-8,10H,9,20H2,1H3. The Balaban J connectivity index is 1.87. The summed E-state index contributed by atoms with van der Waals surface area (Å²) in [6.45, 7) is 1.97. The van der Waals surface area contributed by atoms with Crippen LogP contribution in [0.5, 0.6) is 5.75 Å². The quantitative estimate of drug-likeness (QED) is 0.556. The molecule has 0 aliphatic rings. The summed E-state index contributed by atoms with van der Waals surface area (Å²) in [7, 11) is 0. The number of aromatic nitrogens is 2. The Labute approximate surface area is 144 Å². The van der Waals surface area contributed by atoms with Gasteiger partial charge in [0, 0.05) is 22.5 Å². The molecule has 2 aromatic carbocycles. The van der Waals surface area contributed by atoms with Crippen LogP contribution in [0.15, 0.2) is 42.5 Å². The maximum atomic E-state index is 6.07. The SMILES string of the molecule is CC(Cc1nc(Cl)nc2cccc(N)c12)Oc1ccc(Cl)cc1. The topological polar surface area (TPSA) is 61.0 Å². The van der Waals surface area contributed by atoms with Crippen LogP contribution in [0.3, 0.4) is 0 Å². The number of hydrogen-bond acceptors (Lipinski definition) is 4. The molecule has 23 heavy (non-hydrogen) atoms. The summed E-state index contributed by atoms with van der Waals surface area (Å²) in [5.41, 5.74) is 8.22. The lowest BCUT2D eigenvalue weighted by atomic mass is 10.1. The maximum Gasteiger partial charge on any atom is 0.223 e. The Bertz CT molecular complexity index is 837. The Kier molecular flexibility index (Phi) is 4.55. The van der Waals surface area contributed by atoms with Crippen LogP contribution in [0.1, 0.15) is 12.6 Å². The normalized spacial score (nSPS) is 12.3. The monoisotopic (exact) mass is 347 g/mol. The summed E-state index contributed by atoms with van der Waals surface area (Å²) < 4.78 is 5.90. The number of fused-ring (bicyclic) bond motifs is 1. The third-order valence-corrected chi connectivity index (χ3v) is 3.86. The largest absolute Gasteiger partial charge is 0.490 e. The summed E-state index contributed by atoms with van der Waals surface area (Å²) in [5, 5.41) is 1.70. The third-order valence-electron chi connectivity index (χ3n) is 3.43. The highest BCUT2D eigenvalue weighted by atomic mass is 35.5. The van der Waals surface area contributed by atoms with E-state index in [1.54, 1.807) is 12.1 Å². The average Bonchev–Trinajstić information content (AvgIpc) is 2.49. The first-order valence-electron chi connectivity index (χ1n) is 7.16. The summed E-state index contributed by atoms with van der Waals surface area (Å²) >= 11 is 11.9. The first-order valence-corrected chi connectivity index (χ1v) is 7.91. The van der Waals surface area contributed by atoms with Gasteiger partial charge in [0.15, 0.2) is 0 Å². The average molecular weight is 348 g/mol. The lowest BCUT2D eigenvalue weighted by Gasteiger charge is -2.16. The van der Waals surface area contributed by atoms with Gasteiger partial charge >= 0.3 is 0 Å². The number of ether oxygens (including phenoxy) is 1. The Morgan fingerprint density at radius 2 is 1.83 bits per heavy atom. The third kappa shape index (κ3) is 3.66. The van der Waals surface area contributed by atoms with Crippen molar-refractivity contribution in [1.29, 1.82) is 0 Å². The van der Waals surface area contributed by atoms with Crippen LogP contribution in [0.4, 0.5) is 5.69 Å². The number of nitrogens with two attached hydrogens (primary N) is 1. The fourth-order valence-corrected chi connectivity index (χ4v) is 2.78. The molecule has 0 saturated carbocycles. The first kappa shape index (κ1) is 15.8. The summed E-state index contributed by atoms with van der Waals surface area (Å²) in [6, 6.07) is 12.8. The van der Waals surface area contributed by atoms with Crippen LogP contribution in [0.25, 0.3) is 10.9 Å². The van der Waals surface area contributed by atoms with E-state index in [0.717, 1.165) is 22.3 Å². The van der Waals surface area contributed by atoms with Gasteiger partial charge in [-0.1, -0.05) is 17.7 Å².